The number of hydrogen-bond donors (Lipinski definition) is 0. The highest BCUT2D eigenvalue weighted by Gasteiger charge is 2.27. The molecule has 1 amide bonds. The minimum Gasteiger partial charge on any atom is -0.356 e. The highest BCUT2D eigenvalue weighted by atomic mass is 32.2. The predicted octanol–water partition coefficient (Wildman–Crippen LogP) is 2.27. The van der Waals surface area contributed by atoms with E-state index in [0.717, 1.165) is 47.7 Å². The topological polar surface area (TPSA) is 49.6 Å². The Morgan fingerprint density at radius 3 is 3.09 bits per heavy atom. The molecule has 2 heterocycles. The van der Waals surface area contributed by atoms with Crippen molar-refractivity contribution in [3.05, 3.63) is 30.0 Å². The largest absolute Gasteiger partial charge is 0.356 e. The van der Waals surface area contributed by atoms with Gasteiger partial charge >= 0.3 is 0 Å². The highest BCUT2D eigenvalue weighted by Crippen LogP contribution is 2.21. The van der Waals surface area contributed by atoms with Crippen LogP contribution in [0.5, 0.6) is 0 Å². The van der Waals surface area contributed by atoms with Gasteiger partial charge in [-0.3, -0.25) is 4.79 Å². The molecule has 2 aromatic rings. The molecule has 5 nitrogen and oxygen atoms in total. The van der Waals surface area contributed by atoms with Gasteiger partial charge in [0, 0.05) is 24.2 Å². The molecular formula is C17H23N3O2S. The summed E-state index contributed by atoms with van der Waals surface area (Å²) in [5.41, 5.74) is 1.48. The number of carbonyl (C=O) groups excluding carboxylic acids is 1. The molecule has 0 N–H and O–H groups in total. The average molecular weight is 333 g/mol. The van der Waals surface area contributed by atoms with E-state index in [0.29, 0.717) is 6.42 Å². The molecule has 124 valence electrons. The summed E-state index contributed by atoms with van der Waals surface area (Å²) in [6, 6.07) is 7.98. The van der Waals surface area contributed by atoms with E-state index in [1.165, 1.54) is 0 Å². The van der Waals surface area contributed by atoms with E-state index in [9.17, 15) is 4.79 Å². The summed E-state index contributed by atoms with van der Waals surface area (Å²) in [7, 11) is 4.12. The Labute approximate surface area is 141 Å². The molecule has 1 atom stereocenters. The zero-order valence-corrected chi connectivity index (χ0v) is 14.5. The smallest absolute Gasteiger partial charge is 0.229 e. The number of amides is 1. The third kappa shape index (κ3) is 3.87. The fourth-order valence-corrected chi connectivity index (χ4v) is 4.10. The molecule has 1 aliphatic heterocycles. The van der Waals surface area contributed by atoms with Crippen molar-refractivity contribution < 1.29 is 9.32 Å². The zero-order chi connectivity index (χ0) is 16.2. The van der Waals surface area contributed by atoms with Crippen LogP contribution in [-0.4, -0.2) is 65.6 Å². The summed E-state index contributed by atoms with van der Waals surface area (Å²) in [4.78, 5) is 17.1. The fourth-order valence-electron chi connectivity index (χ4n) is 3.04. The van der Waals surface area contributed by atoms with E-state index in [2.05, 4.69) is 24.2 Å². The van der Waals surface area contributed by atoms with E-state index < -0.39 is 0 Å². The predicted molar refractivity (Wildman–Crippen MR) is 93.7 cm³/mol. The molecule has 1 saturated heterocycles. The van der Waals surface area contributed by atoms with Gasteiger partial charge in [-0.2, -0.15) is 11.8 Å². The van der Waals surface area contributed by atoms with Crippen LogP contribution in [0.15, 0.2) is 28.8 Å². The number of aromatic nitrogens is 1. The van der Waals surface area contributed by atoms with Crippen LogP contribution < -0.4 is 0 Å². The monoisotopic (exact) mass is 333 g/mol. The lowest BCUT2D eigenvalue weighted by atomic mass is 10.1. The lowest BCUT2D eigenvalue weighted by Gasteiger charge is -2.31. The van der Waals surface area contributed by atoms with E-state index >= 15 is 0 Å². The molecule has 0 unspecified atom stereocenters. The highest BCUT2D eigenvalue weighted by molar-refractivity contribution is 7.99. The van der Waals surface area contributed by atoms with Crippen LogP contribution in [0.25, 0.3) is 11.0 Å². The first-order valence-corrected chi connectivity index (χ1v) is 9.16. The maximum atomic E-state index is 12.9. The number of nitrogens with zero attached hydrogens (tertiary/aromatic N) is 3. The average Bonchev–Trinajstić information content (AvgIpc) is 2.78. The summed E-state index contributed by atoms with van der Waals surface area (Å²) < 4.78 is 5.32. The number of para-hydroxylation sites is 1. The Bertz CT molecular complexity index is 671. The number of benzene rings is 1. The third-order valence-corrected chi connectivity index (χ3v) is 5.30. The molecule has 0 spiro atoms. The Hall–Kier alpha value is -1.53. The number of carbonyl (C=O) groups is 1. The second-order valence-corrected chi connectivity index (χ2v) is 7.38. The minimum atomic E-state index is 0.151. The van der Waals surface area contributed by atoms with Crippen molar-refractivity contribution in [2.75, 3.05) is 38.7 Å². The van der Waals surface area contributed by atoms with Gasteiger partial charge in [-0.1, -0.05) is 17.3 Å². The van der Waals surface area contributed by atoms with Gasteiger partial charge in [0.1, 0.15) is 5.69 Å². The quantitative estimate of drug-likeness (QED) is 0.859. The maximum absolute atomic E-state index is 12.9. The van der Waals surface area contributed by atoms with Gasteiger partial charge in [0.2, 0.25) is 5.91 Å². The van der Waals surface area contributed by atoms with Crippen molar-refractivity contribution >= 4 is 28.6 Å². The summed E-state index contributed by atoms with van der Waals surface area (Å²) in [5.74, 6) is 2.28. The molecule has 1 aromatic heterocycles. The zero-order valence-electron chi connectivity index (χ0n) is 13.7. The maximum Gasteiger partial charge on any atom is 0.229 e. The molecule has 6 heteroatoms. The van der Waals surface area contributed by atoms with Gasteiger partial charge in [0.25, 0.3) is 0 Å². The van der Waals surface area contributed by atoms with Gasteiger partial charge in [-0.05, 0) is 38.4 Å². The molecule has 1 aliphatic rings. The first kappa shape index (κ1) is 16.3. The lowest BCUT2D eigenvalue weighted by molar-refractivity contribution is -0.132. The van der Waals surface area contributed by atoms with Crippen LogP contribution in [0.4, 0.5) is 0 Å². The first-order valence-electron chi connectivity index (χ1n) is 8.00. The molecule has 0 bridgehead atoms. The third-order valence-electron chi connectivity index (χ3n) is 4.11. The number of likely N-dealkylation sites (N-methyl/N-ethyl adjacent to an activating group) is 1. The van der Waals surface area contributed by atoms with Gasteiger partial charge in [0.15, 0.2) is 5.58 Å². The molecule has 0 radical (unpaired) electrons. The van der Waals surface area contributed by atoms with Crippen molar-refractivity contribution in [3.63, 3.8) is 0 Å². The van der Waals surface area contributed by atoms with Gasteiger partial charge in [-0.25, -0.2) is 0 Å². The van der Waals surface area contributed by atoms with Crippen LogP contribution in [0.2, 0.25) is 0 Å². The summed E-state index contributed by atoms with van der Waals surface area (Å²) >= 11 is 1.94. The molecule has 0 aliphatic carbocycles. The lowest BCUT2D eigenvalue weighted by Crippen LogP contribution is -2.47. The Morgan fingerprint density at radius 1 is 1.43 bits per heavy atom. The summed E-state index contributed by atoms with van der Waals surface area (Å²) in [6.07, 6.45) is 1.37. The summed E-state index contributed by atoms with van der Waals surface area (Å²) in [5, 5.41) is 5.04. The second-order valence-electron chi connectivity index (χ2n) is 6.23. The van der Waals surface area contributed by atoms with E-state index in [1.807, 2.05) is 40.9 Å². The van der Waals surface area contributed by atoms with Gasteiger partial charge < -0.3 is 14.3 Å². The van der Waals surface area contributed by atoms with Crippen molar-refractivity contribution in [3.8, 4) is 0 Å². The number of thioether (sulfide) groups is 1. The van der Waals surface area contributed by atoms with Crippen LogP contribution in [0.3, 0.4) is 0 Å². The van der Waals surface area contributed by atoms with E-state index in [1.54, 1.807) is 0 Å². The van der Waals surface area contributed by atoms with Crippen LogP contribution in [0.1, 0.15) is 12.1 Å². The van der Waals surface area contributed by atoms with Crippen LogP contribution >= 0.6 is 11.8 Å². The first-order chi connectivity index (χ1) is 11.1. The van der Waals surface area contributed by atoms with Crippen molar-refractivity contribution in [1.29, 1.82) is 0 Å². The molecule has 0 saturated carbocycles. The minimum absolute atomic E-state index is 0.151. The molecule has 1 aromatic carbocycles. The van der Waals surface area contributed by atoms with E-state index in [-0.39, 0.29) is 11.9 Å². The molecule has 1 fully saturated rings. The molecule has 3 rings (SSSR count). The SMILES string of the molecule is CN(C)C[C@H]1CSCCCN1C(=O)Cc1noc2ccccc12. The number of hydrogen-bond acceptors (Lipinski definition) is 5. The van der Waals surface area contributed by atoms with Crippen LogP contribution in [0, 0.1) is 0 Å². The van der Waals surface area contributed by atoms with Crippen molar-refractivity contribution in [2.45, 2.75) is 18.9 Å². The molecule has 23 heavy (non-hydrogen) atoms. The van der Waals surface area contributed by atoms with Gasteiger partial charge in [0.05, 0.1) is 12.5 Å². The normalized spacial score (nSPS) is 19.3. The van der Waals surface area contributed by atoms with Gasteiger partial charge in [-0.15, -0.1) is 0 Å². The van der Waals surface area contributed by atoms with Crippen LogP contribution in [-0.2, 0) is 11.2 Å². The Kier molecular flexibility index (Phi) is 5.23. The Morgan fingerprint density at radius 2 is 2.26 bits per heavy atom. The number of fused-ring (bicyclic) bond motifs is 1. The second kappa shape index (κ2) is 7.36. The van der Waals surface area contributed by atoms with Crippen molar-refractivity contribution in [1.82, 2.24) is 15.0 Å². The van der Waals surface area contributed by atoms with E-state index in [4.69, 9.17) is 4.52 Å². The number of rotatable bonds is 4. The fraction of sp³-hybridized carbons (Fsp3) is 0.529. The summed E-state index contributed by atoms with van der Waals surface area (Å²) in [6.45, 7) is 1.73. The molecular weight excluding hydrogens is 310 g/mol. The Balaban J connectivity index is 1.76. The van der Waals surface area contributed by atoms with Crippen molar-refractivity contribution in [2.24, 2.45) is 0 Å². The standard InChI is InChI=1S/C17H23N3O2S/c1-19(2)11-13-12-23-9-5-8-20(13)17(21)10-15-14-6-3-4-7-16(14)22-18-15/h3-4,6-7,13H,5,8-12H2,1-2H3/t13-/m0/s1.